The average Bonchev–Trinajstić information content (AvgIpc) is 2.74. The molecule has 16 heavy (non-hydrogen) atoms. The SMILES string of the molecule is CNc1snnc1CSc1cccc(O)c1. The molecular weight excluding hydrogens is 242 g/mol. The van der Waals surface area contributed by atoms with Crippen molar-refractivity contribution in [2.45, 2.75) is 10.6 Å². The first-order valence-corrected chi connectivity index (χ1v) is 6.46. The van der Waals surface area contributed by atoms with E-state index in [1.165, 1.54) is 11.5 Å². The number of phenols is 1. The second-order valence-corrected chi connectivity index (χ2v) is 4.89. The molecule has 0 spiro atoms. The van der Waals surface area contributed by atoms with Crippen LogP contribution in [0.1, 0.15) is 5.69 Å². The van der Waals surface area contributed by atoms with Gasteiger partial charge in [0, 0.05) is 29.2 Å². The molecular formula is C10H11N3OS2. The van der Waals surface area contributed by atoms with Gasteiger partial charge in [-0.25, -0.2) is 0 Å². The van der Waals surface area contributed by atoms with Crippen LogP contribution in [0.2, 0.25) is 0 Å². The van der Waals surface area contributed by atoms with Crippen LogP contribution < -0.4 is 5.32 Å². The number of aromatic hydroxyl groups is 1. The van der Waals surface area contributed by atoms with Gasteiger partial charge < -0.3 is 10.4 Å². The number of hydrogen-bond acceptors (Lipinski definition) is 6. The van der Waals surface area contributed by atoms with Gasteiger partial charge in [-0.05, 0) is 18.2 Å². The van der Waals surface area contributed by atoms with Gasteiger partial charge in [0.05, 0.1) is 0 Å². The lowest BCUT2D eigenvalue weighted by molar-refractivity contribution is 0.474. The molecule has 0 amide bonds. The number of nitrogens with zero attached hydrogens (tertiary/aromatic N) is 2. The van der Waals surface area contributed by atoms with Gasteiger partial charge in [0.15, 0.2) is 0 Å². The lowest BCUT2D eigenvalue weighted by atomic mass is 10.3. The van der Waals surface area contributed by atoms with E-state index in [0.29, 0.717) is 0 Å². The second kappa shape index (κ2) is 5.18. The van der Waals surface area contributed by atoms with Gasteiger partial charge in [0.1, 0.15) is 16.4 Å². The summed E-state index contributed by atoms with van der Waals surface area (Å²) in [7, 11) is 1.86. The van der Waals surface area contributed by atoms with Crippen molar-refractivity contribution < 1.29 is 5.11 Å². The predicted octanol–water partition coefficient (Wildman–Crippen LogP) is 2.58. The van der Waals surface area contributed by atoms with E-state index in [1.807, 2.05) is 19.2 Å². The van der Waals surface area contributed by atoms with Crippen LogP contribution in [0, 0.1) is 0 Å². The van der Waals surface area contributed by atoms with Crippen LogP contribution >= 0.6 is 23.3 Å². The molecule has 0 saturated heterocycles. The minimum Gasteiger partial charge on any atom is -0.508 e. The maximum Gasteiger partial charge on any atom is 0.133 e. The molecule has 0 aliphatic carbocycles. The lowest BCUT2D eigenvalue weighted by Gasteiger charge is -2.01. The Balaban J connectivity index is 2.02. The Kier molecular flexibility index (Phi) is 3.63. The smallest absolute Gasteiger partial charge is 0.133 e. The molecule has 4 nitrogen and oxygen atoms in total. The van der Waals surface area contributed by atoms with E-state index < -0.39 is 0 Å². The monoisotopic (exact) mass is 253 g/mol. The van der Waals surface area contributed by atoms with Crippen molar-refractivity contribution in [3.63, 3.8) is 0 Å². The number of hydrogen-bond donors (Lipinski definition) is 2. The second-order valence-electron chi connectivity index (χ2n) is 3.08. The van der Waals surface area contributed by atoms with Crippen LogP contribution in [0.5, 0.6) is 5.75 Å². The van der Waals surface area contributed by atoms with E-state index in [-0.39, 0.29) is 5.75 Å². The minimum absolute atomic E-state index is 0.287. The van der Waals surface area contributed by atoms with Crippen LogP contribution in [-0.2, 0) is 5.75 Å². The molecule has 0 bridgehead atoms. The Morgan fingerprint density at radius 2 is 2.38 bits per heavy atom. The molecule has 0 radical (unpaired) electrons. The van der Waals surface area contributed by atoms with Crippen LogP contribution in [0.3, 0.4) is 0 Å². The zero-order valence-electron chi connectivity index (χ0n) is 8.67. The number of rotatable bonds is 4. The molecule has 2 aromatic rings. The summed E-state index contributed by atoms with van der Waals surface area (Å²) in [5.74, 6) is 1.03. The molecule has 0 atom stereocenters. The van der Waals surface area contributed by atoms with Gasteiger partial charge in [0.2, 0.25) is 0 Å². The van der Waals surface area contributed by atoms with E-state index in [2.05, 4.69) is 14.9 Å². The zero-order chi connectivity index (χ0) is 11.4. The van der Waals surface area contributed by atoms with E-state index in [9.17, 15) is 5.11 Å². The fraction of sp³-hybridized carbons (Fsp3) is 0.200. The number of anilines is 1. The predicted molar refractivity (Wildman–Crippen MR) is 67.1 cm³/mol. The summed E-state index contributed by atoms with van der Waals surface area (Å²) in [6.07, 6.45) is 0. The topological polar surface area (TPSA) is 58.0 Å². The summed E-state index contributed by atoms with van der Waals surface area (Å²) in [5.41, 5.74) is 0.945. The van der Waals surface area contributed by atoms with Gasteiger partial charge in [-0.15, -0.1) is 16.9 Å². The lowest BCUT2D eigenvalue weighted by Crippen LogP contribution is -1.90. The van der Waals surface area contributed by atoms with Crippen molar-refractivity contribution in [1.29, 1.82) is 0 Å². The van der Waals surface area contributed by atoms with Crippen molar-refractivity contribution in [2.24, 2.45) is 0 Å². The van der Waals surface area contributed by atoms with E-state index in [4.69, 9.17) is 0 Å². The largest absolute Gasteiger partial charge is 0.508 e. The van der Waals surface area contributed by atoms with Crippen molar-refractivity contribution in [3.8, 4) is 5.75 Å². The maximum absolute atomic E-state index is 9.32. The minimum atomic E-state index is 0.287. The van der Waals surface area contributed by atoms with Crippen LogP contribution in [0.25, 0.3) is 0 Å². The Morgan fingerprint density at radius 3 is 3.12 bits per heavy atom. The molecule has 1 heterocycles. The van der Waals surface area contributed by atoms with Crippen LogP contribution in [0.15, 0.2) is 29.2 Å². The van der Waals surface area contributed by atoms with E-state index in [0.717, 1.165) is 21.3 Å². The highest BCUT2D eigenvalue weighted by atomic mass is 32.2. The number of phenolic OH excluding ortho intramolecular Hbond substituents is 1. The van der Waals surface area contributed by atoms with Gasteiger partial charge in [0.25, 0.3) is 0 Å². The van der Waals surface area contributed by atoms with E-state index in [1.54, 1.807) is 23.9 Å². The molecule has 2 N–H and O–H groups in total. The average molecular weight is 253 g/mol. The Hall–Kier alpha value is -1.27. The molecule has 1 aromatic carbocycles. The molecule has 0 aliphatic heterocycles. The molecule has 0 fully saturated rings. The van der Waals surface area contributed by atoms with Gasteiger partial charge in [-0.1, -0.05) is 10.6 Å². The van der Waals surface area contributed by atoms with Crippen LogP contribution in [0.4, 0.5) is 5.00 Å². The Morgan fingerprint density at radius 1 is 1.50 bits per heavy atom. The van der Waals surface area contributed by atoms with Crippen molar-refractivity contribution >= 4 is 28.3 Å². The van der Waals surface area contributed by atoms with Gasteiger partial charge in [-0.3, -0.25) is 0 Å². The zero-order valence-corrected chi connectivity index (χ0v) is 10.3. The first-order valence-electron chi connectivity index (χ1n) is 4.70. The fourth-order valence-corrected chi connectivity index (χ4v) is 2.72. The van der Waals surface area contributed by atoms with Crippen molar-refractivity contribution in [3.05, 3.63) is 30.0 Å². The molecule has 6 heteroatoms. The summed E-state index contributed by atoms with van der Waals surface area (Å²) in [5, 5.41) is 17.4. The quantitative estimate of drug-likeness (QED) is 0.820. The van der Waals surface area contributed by atoms with Gasteiger partial charge >= 0.3 is 0 Å². The third-order valence-electron chi connectivity index (χ3n) is 1.98. The summed E-state index contributed by atoms with van der Waals surface area (Å²) in [6.45, 7) is 0. The highest BCUT2D eigenvalue weighted by Crippen LogP contribution is 2.28. The summed E-state index contributed by atoms with van der Waals surface area (Å²) < 4.78 is 3.89. The molecule has 84 valence electrons. The first-order chi connectivity index (χ1) is 7.79. The number of aromatic nitrogens is 2. The number of thioether (sulfide) groups is 1. The number of nitrogens with one attached hydrogen (secondary N) is 1. The molecule has 2 rings (SSSR count). The fourth-order valence-electron chi connectivity index (χ4n) is 1.22. The third kappa shape index (κ3) is 2.65. The van der Waals surface area contributed by atoms with Crippen molar-refractivity contribution in [1.82, 2.24) is 9.59 Å². The highest BCUT2D eigenvalue weighted by Gasteiger charge is 2.06. The van der Waals surface area contributed by atoms with E-state index >= 15 is 0 Å². The standard InChI is InChI=1S/C10H11N3OS2/c1-11-10-9(12-13-16-10)6-15-8-4-2-3-7(14)5-8/h2-5,11,14H,6H2,1H3. The highest BCUT2D eigenvalue weighted by molar-refractivity contribution is 7.98. The molecule has 1 aromatic heterocycles. The van der Waals surface area contributed by atoms with Gasteiger partial charge in [-0.2, -0.15) is 0 Å². The van der Waals surface area contributed by atoms with Crippen molar-refractivity contribution in [2.75, 3.05) is 12.4 Å². The molecule has 0 unspecified atom stereocenters. The third-order valence-corrected chi connectivity index (χ3v) is 3.77. The summed E-state index contributed by atoms with van der Waals surface area (Å²) >= 11 is 2.98. The van der Waals surface area contributed by atoms with Crippen LogP contribution in [-0.4, -0.2) is 21.7 Å². The Labute approximate surface area is 102 Å². The summed E-state index contributed by atoms with van der Waals surface area (Å²) in [4.78, 5) is 1.02. The maximum atomic E-state index is 9.32. The molecule has 0 aliphatic rings. The number of benzene rings is 1. The molecule has 0 saturated carbocycles. The normalized spacial score (nSPS) is 10.3. The Bertz CT molecular complexity index is 473. The summed E-state index contributed by atoms with van der Waals surface area (Å²) in [6, 6.07) is 7.19. The first kappa shape index (κ1) is 11.2.